The lowest BCUT2D eigenvalue weighted by Gasteiger charge is -2.10. The molecule has 1 saturated carbocycles. The molecule has 2 N–H and O–H groups in total. The lowest BCUT2D eigenvalue weighted by molar-refractivity contribution is 0.681. The van der Waals surface area contributed by atoms with E-state index in [9.17, 15) is 4.21 Å². The minimum atomic E-state index is -1.13. The van der Waals surface area contributed by atoms with E-state index in [0.29, 0.717) is 17.4 Å². The minimum absolute atomic E-state index is 0.542. The summed E-state index contributed by atoms with van der Waals surface area (Å²) in [5.74, 6) is 2.27. The van der Waals surface area contributed by atoms with Gasteiger partial charge in [0, 0.05) is 35.9 Å². The molecular formula is C24H29N5OS2. The van der Waals surface area contributed by atoms with Crippen LogP contribution in [0, 0.1) is 0 Å². The summed E-state index contributed by atoms with van der Waals surface area (Å²) in [6.45, 7) is 7.59. The first kappa shape index (κ1) is 22.6. The highest BCUT2D eigenvalue weighted by atomic mass is 32.2. The number of allylic oxidation sites excluding steroid dienone is 3. The van der Waals surface area contributed by atoms with Crippen LogP contribution in [0.4, 0.5) is 5.69 Å². The summed E-state index contributed by atoms with van der Waals surface area (Å²) in [4.78, 5) is 14.2. The van der Waals surface area contributed by atoms with Crippen LogP contribution in [-0.4, -0.2) is 31.2 Å². The van der Waals surface area contributed by atoms with E-state index in [1.54, 1.807) is 6.20 Å². The molecule has 1 aliphatic rings. The van der Waals surface area contributed by atoms with Gasteiger partial charge in [-0.25, -0.2) is 9.97 Å². The maximum Gasteiger partial charge on any atom is 0.127 e. The van der Waals surface area contributed by atoms with Crippen molar-refractivity contribution in [3.63, 3.8) is 0 Å². The monoisotopic (exact) mass is 467 g/mol. The number of imidazole rings is 1. The van der Waals surface area contributed by atoms with E-state index < -0.39 is 10.8 Å². The number of pyridine rings is 1. The summed E-state index contributed by atoms with van der Waals surface area (Å²) >= 11 is 1.44. The van der Waals surface area contributed by atoms with Crippen LogP contribution in [0.5, 0.6) is 0 Å². The van der Waals surface area contributed by atoms with E-state index >= 15 is 0 Å². The topological polar surface area (TPSA) is 86.2 Å². The zero-order valence-electron chi connectivity index (χ0n) is 18.8. The number of aromatic nitrogens is 3. The fraction of sp³-hybridized carbons (Fsp3) is 0.375. The SMILES string of the molecule is C=N/C=C\C=C(/C)c1cc(-c2cnc(C3CC3)n2C)c2c(N)c([S@](=O)CCCC)sc2n1. The number of aliphatic imine (C=N–C) groups is 1. The van der Waals surface area contributed by atoms with E-state index in [4.69, 9.17) is 15.7 Å². The van der Waals surface area contributed by atoms with Gasteiger partial charge in [-0.15, -0.1) is 11.3 Å². The molecule has 3 aromatic rings. The summed E-state index contributed by atoms with van der Waals surface area (Å²) < 4.78 is 15.9. The Hall–Kier alpha value is -2.58. The molecule has 0 radical (unpaired) electrons. The quantitative estimate of drug-likeness (QED) is 0.324. The van der Waals surface area contributed by atoms with Crippen LogP contribution in [0.3, 0.4) is 0 Å². The molecule has 32 heavy (non-hydrogen) atoms. The predicted octanol–water partition coefficient (Wildman–Crippen LogP) is 5.68. The summed E-state index contributed by atoms with van der Waals surface area (Å²) in [7, 11) is 0.934. The highest BCUT2D eigenvalue weighted by Crippen LogP contribution is 2.44. The number of hydrogen-bond acceptors (Lipinski definition) is 6. The number of nitrogen functional groups attached to an aromatic ring is 1. The molecule has 1 aliphatic carbocycles. The molecule has 0 aromatic carbocycles. The minimum Gasteiger partial charge on any atom is -0.396 e. The van der Waals surface area contributed by atoms with E-state index in [0.717, 1.165) is 55.6 Å². The molecule has 1 atom stereocenters. The van der Waals surface area contributed by atoms with Crippen LogP contribution >= 0.6 is 11.3 Å². The summed E-state index contributed by atoms with van der Waals surface area (Å²) in [5, 5.41) is 0.875. The van der Waals surface area contributed by atoms with Gasteiger partial charge in [-0.3, -0.25) is 9.20 Å². The second-order valence-electron chi connectivity index (χ2n) is 8.15. The second kappa shape index (κ2) is 9.50. The van der Waals surface area contributed by atoms with Crippen LogP contribution in [0.1, 0.15) is 57.0 Å². The predicted molar refractivity (Wildman–Crippen MR) is 137 cm³/mol. The lowest BCUT2D eigenvalue weighted by atomic mass is 10.0. The Bertz CT molecular complexity index is 1250. The summed E-state index contributed by atoms with van der Waals surface area (Å²) in [6.07, 6.45) is 11.7. The van der Waals surface area contributed by atoms with E-state index in [1.165, 1.54) is 24.2 Å². The van der Waals surface area contributed by atoms with Crippen LogP contribution in [0.15, 0.2) is 39.8 Å². The van der Waals surface area contributed by atoms with Crippen molar-refractivity contribution in [2.24, 2.45) is 12.0 Å². The molecule has 0 spiro atoms. The standard InChI is InChI=1S/C24H29N5OS2/c1-5-6-12-32(30)24-21(25)20-17(19-14-27-22(29(19)4)16-9-10-16)13-18(28-23(20)31-24)15(2)8-7-11-26-3/h7-8,11,13-14,16H,3,5-6,9-10,12,25H2,1-2,4H3/b11-7-,15-8+/t32-/m1/s1. The lowest BCUT2D eigenvalue weighted by Crippen LogP contribution is -2.01. The Labute approximate surface area is 195 Å². The molecule has 0 unspecified atom stereocenters. The molecule has 3 heterocycles. The Kier molecular flexibility index (Phi) is 6.71. The van der Waals surface area contributed by atoms with Crippen LogP contribution in [0.25, 0.3) is 27.0 Å². The number of rotatable bonds is 9. The van der Waals surface area contributed by atoms with Crippen molar-refractivity contribution < 1.29 is 4.21 Å². The van der Waals surface area contributed by atoms with E-state index in [2.05, 4.69) is 36.3 Å². The average molecular weight is 468 g/mol. The Morgan fingerprint density at radius 3 is 2.94 bits per heavy atom. The number of anilines is 1. The Morgan fingerprint density at radius 1 is 1.47 bits per heavy atom. The molecule has 6 nitrogen and oxygen atoms in total. The van der Waals surface area contributed by atoms with Gasteiger partial charge in [0.1, 0.15) is 14.9 Å². The Balaban J connectivity index is 1.91. The molecule has 4 rings (SSSR count). The molecule has 1 fully saturated rings. The van der Waals surface area contributed by atoms with Crippen molar-refractivity contribution in [3.05, 3.63) is 42.1 Å². The third-order valence-corrected chi connectivity index (χ3v) is 8.73. The Morgan fingerprint density at radius 2 is 2.25 bits per heavy atom. The first-order valence-corrected chi connectivity index (χ1v) is 13.0. The third kappa shape index (κ3) is 4.34. The van der Waals surface area contributed by atoms with Crippen LogP contribution < -0.4 is 5.73 Å². The van der Waals surface area contributed by atoms with Crippen molar-refractivity contribution in [1.29, 1.82) is 0 Å². The van der Waals surface area contributed by atoms with Crippen molar-refractivity contribution >= 4 is 50.3 Å². The largest absolute Gasteiger partial charge is 0.396 e. The van der Waals surface area contributed by atoms with Crippen molar-refractivity contribution in [3.8, 4) is 11.3 Å². The zero-order valence-corrected chi connectivity index (χ0v) is 20.4. The molecule has 0 bridgehead atoms. The maximum atomic E-state index is 13.0. The van der Waals surface area contributed by atoms with Gasteiger partial charge in [0.15, 0.2) is 0 Å². The van der Waals surface area contributed by atoms with E-state index in [-0.39, 0.29) is 0 Å². The van der Waals surface area contributed by atoms with Gasteiger partial charge in [0.25, 0.3) is 0 Å². The summed E-state index contributed by atoms with van der Waals surface area (Å²) in [5.41, 5.74) is 11.0. The van der Waals surface area contributed by atoms with Gasteiger partial charge < -0.3 is 10.3 Å². The van der Waals surface area contributed by atoms with Gasteiger partial charge in [-0.1, -0.05) is 19.4 Å². The van der Waals surface area contributed by atoms with Crippen molar-refractivity contribution in [1.82, 2.24) is 14.5 Å². The molecule has 0 amide bonds. The number of unbranched alkanes of at least 4 members (excludes halogenated alkanes) is 1. The smallest absolute Gasteiger partial charge is 0.127 e. The first-order chi connectivity index (χ1) is 15.5. The average Bonchev–Trinajstić information content (AvgIpc) is 3.47. The van der Waals surface area contributed by atoms with Gasteiger partial charge in [0.2, 0.25) is 0 Å². The number of nitrogens with zero attached hydrogens (tertiary/aromatic N) is 4. The van der Waals surface area contributed by atoms with Crippen LogP contribution in [-0.2, 0) is 17.8 Å². The molecule has 0 saturated heterocycles. The third-order valence-electron chi connectivity index (χ3n) is 5.74. The number of nitrogens with two attached hydrogens (primary N) is 1. The van der Waals surface area contributed by atoms with Crippen molar-refractivity contribution in [2.45, 2.75) is 49.7 Å². The highest BCUT2D eigenvalue weighted by Gasteiger charge is 2.29. The first-order valence-electron chi connectivity index (χ1n) is 10.9. The highest BCUT2D eigenvalue weighted by molar-refractivity contribution is 7.87. The molecular weight excluding hydrogens is 438 g/mol. The molecule has 168 valence electrons. The van der Waals surface area contributed by atoms with E-state index in [1.807, 2.05) is 25.3 Å². The van der Waals surface area contributed by atoms with Gasteiger partial charge >= 0.3 is 0 Å². The van der Waals surface area contributed by atoms with Gasteiger partial charge in [-0.05, 0) is 50.6 Å². The molecule has 0 aliphatic heterocycles. The number of hydrogen-bond donors (Lipinski definition) is 1. The summed E-state index contributed by atoms with van der Waals surface area (Å²) in [6, 6.07) is 2.07. The van der Waals surface area contributed by atoms with Crippen LogP contribution in [0.2, 0.25) is 0 Å². The maximum absolute atomic E-state index is 13.0. The molecule has 3 aromatic heterocycles. The second-order valence-corrected chi connectivity index (χ2v) is 10.9. The normalized spacial score (nSPS) is 15.7. The van der Waals surface area contributed by atoms with Gasteiger partial charge in [0.05, 0.1) is 34.1 Å². The fourth-order valence-electron chi connectivity index (χ4n) is 3.77. The van der Waals surface area contributed by atoms with Gasteiger partial charge in [-0.2, -0.15) is 0 Å². The zero-order chi connectivity index (χ0) is 22.8. The number of thiophene rings is 1. The number of fused-ring (bicyclic) bond motifs is 1. The van der Waals surface area contributed by atoms with Crippen molar-refractivity contribution in [2.75, 3.05) is 11.5 Å². The fourth-order valence-corrected chi connectivity index (χ4v) is 6.57. The molecule has 8 heteroatoms.